The van der Waals surface area contributed by atoms with E-state index in [4.69, 9.17) is 14.2 Å². The number of para-hydroxylation sites is 1. The molecule has 0 radical (unpaired) electrons. The number of ether oxygens (including phenoxy) is 3. The lowest BCUT2D eigenvalue weighted by atomic mass is 10.1. The van der Waals surface area contributed by atoms with Gasteiger partial charge in [0.15, 0.2) is 11.5 Å². The van der Waals surface area contributed by atoms with E-state index in [0.29, 0.717) is 13.2 Å². The lowest BCUT2D eigenvalue weighted by Gasteiger charge is -2.20. The number of amides is 1. The second-order valence-electron chi connectivity index (χ2n) is 5.71. The van der Waals surface area contributed by atoms with E-state index in [1.165, 1.54) is 6.08 Å². The highest BCUT2D eigenvalue weighted by Gasteiger charge is 2.15. The Morgan fingerprint density at radius 3 is 2.72 bits per heavy atom. The maximum atomic E-state index is 12.2. The second kappa shape index (κ2) is 7.75. The summed E-state index contributed by atoms with van der Waals surface area (Å²) in [4.78, 5) is 12.2. The predicted molar refractivity (Wildman–Crippen MR) is 96.0 cm³/mol. The average Bonchev–Trinajstić information content (AvgIpc) is 2.66. The fourth-order valence-corrected chi connectivity index (χ4v) is 2.64. The van der Waals surface area contributed by atoms with E-state index in [0.717, 1.165) is 28.4 Å². The van der Waals surface area contributed by atoms with Crippen LogP contribution in [0.3, 0.4) is 0 Å². The summed E-state index contributed by atoms with van der Waals surface area (Å²) in [5.41, 5.74) is 1.82. The smallest absolute Gasteiger partial charge is 0.244 e. The minimum absolute atomic E-state index is 0.148. The first-order valence-corrected chi connectivity index (χ1v) is 8.18. The number of methoxy groups -OCH3 is 1. The van der Waals surface area contributed by atoms with E-state index in [1.54, 1.807) is 13.2 Å². The van der Waals surface area contributed by atoms with Crippen LogP contribution in [0.15, 0.2) is 48.5 Å². The molecule has 1 atom stereocenters. The zero-order valence-electron chi connectivity index (χ0n) is 14.3. The normalized spacial score (nSPS) is 14.2. The van der Waals surface area contributed by atoms with E-state index in [2.05, 4.69) is 5.32 Å². The van der Waals surface area contributed by atoms with E-state index in [1.807, 2.05) is 49.4 Å². The molecule has 1 aliphatic heterocycles. The first kappa shape index (κ1) is 16.9. The van der Waals surface area contributed by atoms with E-state index >= 15 is 0 Å². The molecule has 1 amide bonds. The molecule has 0 aromatic heterocycles. The molecule has 1 heterocycles. The van der Waals surface area contributed by atoms with Crippen molar-refractivity contribution in [3.63, 3.8) is 0 Å². The molecule has 0 saturated carbocycles. The van der Waals surface area contributed by atoms with Gasteiger partial charge in [0.2, 0.25) is 5.91 Å². The highest BCUT2D eigenvalue weighted by molar-refractivity contribution is 5.92. The summed E-state index contributed by atoms with van der Waals surface area (Å²) in [6.07, 6.45) is 3.25. The molecule has 0 spiro atoms. The van der Waals surface area contributed by atoms with Crippen molar-refractivity contribution in [3.8, 4) is 17.2 Å². The average molecular weight is 339 g/mol. The van der Waals surface area contributed by atoms with Gasteiger partial charge in [-0.1, -0.05) is 24.3 Å². The first-order valence-electron chi connectivity index (χ1n) is 8.18. The molecule has 1 N–H and O–H groups in total. The number of rotatable bonds is 5. The maximum absolute atomic E-state index is 12.2. The van der Waals surface area contributed by atoms with Crippen LogP contribution in [0, 0.1) is 0 Å². The molecule has 25 heavy (non-hydrogen) atoms. The first-order chi connectivity index (χ1) is 12.2. The van der Waals surface area contributed by atoms with E-state index in [9.17, 15) is 4.79 Å². The minimum Gasteiger partial charge on any atom is -0.496 e. The van der Waals surface area contributed by atoms with Gasteiger partial charge in [-0.05, 0) is 36.8 Å². The summed E-state index contributed by atoms with van der Waals surface area (Å²) in [6.45, 7) is 3.03. The Bertz CT molecular complexity index is 785. The van der Waals surface area contributed by atoms with E-state index in [-0.39, 0.29) is 11.9 Å². The number of hydrogen-bond acceptors (Lipinski definition) is 4. The summed E-state index contributed by atoms with van der Waals surface area (Å²) >= 11 is 0. The van der Waals surface area contributed by atoms with E-state index < -0.39 is 0 Å². The van der Waals surface area contributed by atoms with Gasteiger partial charge in [-0.3, -0.25) is 4.79 Å². The molecule has 2 aromatic rings. The van der Waals surface area contributed by atoms with Crippen molar-refractivity contribution in [1.82, 2.24) is 5.32 Å². The Kier molecular flexibility index (Phi) is 5.23. The molecular weight excluding hydrogens is 318 g/mol. The summed E-state index contributed by atoms with van der Waals surface area (Å²) in [5, 5.41) is 2.95. The van der Waals surface area contributed by atoms with Crippen LogP contribution in [-0.4, -0.2) is 26.2 Å². The summed E-state index contributed by atoms with van der Waals surface area (Å²) in [6, 6.07) is 13.1. The minimum atomic E-state index is -0.173. The zero-order valence-corrected chi connectivity index (χ0v) is 14.3. The predicted octanol–water partition coefficient (Wildman–Crippen LogP) is 3.36. The van der Waals surface area contributed by atoms with Crippen molar-refractivity contribution >= 4 is 12.0 Å². The topological polar surface area (TPSA) is 56.8 Å². The van der Waals surface area contributed by atoms with Gasteiger partial charge in [-0.25, -0.2) is 0 Å². The SMILES string of the molecule is COc1ccccc1/C=C/C(=O)N[C@@H](C)c1ccc2c(c1)OCCO2. The van der Waals surface area contributed by atoms with Crippen molar-refractivity contribution in [1.29, 1.82) is 0 Å². The number of carbonyl (C=O) groups excluding carboxylic acids is 1. The lowest BCUT2D eigenvalue weighted by Crippen LogP contribution is -2.25. The molecule has 130 valence electrons. The highest BCUT2D eigenvalue weighted by Crippen LogP contribution is 2.32. The van der Waals surface area contributed by atoms with Crippen LogP contribution in [0.1, 0.15) is 24.1 Å². The Hall–Kier alpha value is -2.95. The monoisotopic (exact) mass is 339 g/mol. The quantitative estimate of drug-likeness (QED) is 0.849. The molecule has 3 rings (SSSR count). The van der Waals surface area contributed by atoms with Gasteiger partial charge < -0.3 is 19.5 Å². The van der Waals surface area contributed by atoms with Crippen LogP contribution >= 0.6 is 0 Å². The second-order valence-corrected chi connectivity index (χ2v) is 5.71. The largest absolute Gasteiger partial charge is 0.496 e. The number of carbonyl (C=O) groups is 1. The zero-order chi connectivity index (χ0) is 17.6. The molecular formula is C20H21NO4. The van der Waals surface area contributed by atoms with Crippen LogP contribution in [-0.2, 0) is 4.79 Å². The van der Waals surface area contributed by atoms with Gasteiger partial charge in [0.25, 0.3) is 0 Å². The third-order valence-corrected chi connectivity index (χ3v) is 3.98. The Morgan fingerprint density at radius 1 is 1.16 bits per heavy atom. The lowest BCUT2D eigenvalue weighted by molar-refractivity contribution is -0.117. The van der Waals surface area contributed by atoms with Crippen LogP contribution in [0.2, 0.25) is 0 Å². The Labute approximate surface area is 147 Å². The van der Waals surface area contributed by atoms with Gasteiger partial charge >= 0.3 is 0 Å². The fourth-order valence-electron chi connectivity index (χ4n) is 2.64. The van der Waals surface area contributed by atoms with Crippen molar-refractivity contribution in [2.75, 3.05) is 20.3 Å². The number of hydrogen-bond donors (Lipinski definition) is 1. The van der Waals surface area contributed by atoms with Crippen molar-refractivity contribution in [2.24, 2.45) is 0 Å². The Balaban J connectivity index is 1.65. The molecule has 2 aromatic carbocycles. The molecule has 0 unspecified atom stereocenters. The third kappa shape index (κ3) is 4.12. The number of benzene rings is 2. The van der Waals surface area contributed by atoms with Gasteiger partial charge in [-0.15, -0.1) is 0 Å². The molecule has 0 aliphatic carbocycles. The van der Waals surface area contributed by atoms with Crippen LogP contribution in [0.5, 0.6) is 17.2 Å². The summed E-state index contributed by atoms with van der Waals surface area (Å²) < 4.78 is 16.4. The molecule has 5 nitrogen and oxygen atoms in total. The van der Waals surface area contributed by atoms with Gasteiger partial charge in [0, 0.05) is 11.6 Å². The van der Waals surface area contributed by atoms with Gasteiger partial charge in [0.05, 0.1) is 13.2 Å². The maximum Gasteiger partial charge on any atom is 0.244 e. The van der Waals surface area contributed by atoms with Crippen molar-refractivity contribution < 1.29 is 19.0 Å². The Morgan fingerprint density at radius 2 is 1.92 bits per heavy atom. The number of fused-ring (bicyclic) bond motifs is 1. The third-order valence-electron chi connectivity index (χ3n) is 3.98. The van der Waals surface area contributed by atoms with Crippen molar-refractivity contribution in [2.45, 2.75) is 13.0 Å². The standard InChI is InChI=1S/C20H21NO4/c1-14(16-7-9-18-19(13-16)25-12-11-24-18)21-20(22)10-8-15-5-3-4-6-17(15)23-2/h3-10,13-14H,11-12H2,1-2H3,(H,21,22)/b10-8+/t14-/m0/s1. The molecule has 0 fully saturated rings. The van der Waals surface area contributed by atoms with Gasteiger partial charge in [-0.2, -0.15) is 0 Å². The molecule has 5 heteroatoms. The summed E-state index contributed by atoms with van der Waals surface area (Å²) in [7, 11) is 1.61. The van der Waals surface area contributed by atoms with Crippen LogP contribution < -0.4 is 19.5 Å². The highest BCUT2D eigenvalue weighted by atomic mass is 16.6. The fraction of sp³-hybridized carbons (Fsp3) is 0.250. The van der Waals surface area contributed by atoms with Crippen LogP contribution in [0.4, 0.5) is 0 Å². The summed E-state index contributed by atoms with van der Waals surface area (Å²) in [5.74, 6) is 2.01. The molecule has 1 aliphatic rings. The van der Waals surface area contributed by atoms with Gasteiger partial charge in [0.1, 0.15) is 19.0 Å². The number of nitrogens with one attached hydrogen (secondary N) is 1. The van der Waals surface area contributed by atoms with Crippen LogP contribution in [0.25, 0.3) is 6.08 Å². The molecule has 0 bridgehead atoms. The molecule has 0 saturated heterocycles. The van der Waals surface area contributed by atoms with Crippen molar-refractivity contribution in [3.05, 3.63) is 59.7 Å².